The molecule has 2 aromatic heterocycles. The summed E-state index contributed by atoms with van der Waals surface area (Å²) in [5, 5.41) is 5.12. The van der Waals surface area contributed by atoms with Crippen LogP contribution >= 0.6 is 15.9 Å². The Labute approximate surface area is 158 Å². The van der Waals surface area contributed by atoms with Gasteiger partial charge in [0.2, 0.25) is 5.95 Å². The maximum atomic E-state index is 12.6. The first-order valence-electron chi connectivity index (χ1n) is 8.81. The molecule has 0 atom stereocenters. The van der Waals surface area contributed by atoms with E-state index in [1.54, 1.807) is 10.9 Å². The van der Waals surface area contributed by atoms with E-state index >= 15 is 0 Å². The van der Waals surface area contributed by atoms with E-state index in [0.717, 1.165) is 10.2 Å². The number of morpholine rings is 1. The number of halogens is 1. The first-order chi connectivity index (χ1) is 12.7. The lowest BCUT2D eigenvalue weighted by Crippen LogP contribution is -2.38. The van der Waals surface area contributed by atoms with Gasteiger partial charge in [0.1, 0.15) is 5.39 Å². The van der Waals surface area contributed by atoms with Gasteiger partial charge in [-0.25, -0.2) is 4.68 Å². The van der Waals surface area contributed by atoms with Crippen molar-refractivity contribution in [3.8, 4) is 5.69 Å². The number of nitrogens with one attached hydrogen (secondary N) is 1. The zero-order valence-electron chi connectivity index (χ0n) is 14.1. The largest absolute Gasteiger partial charge is 0.378 e. The molecule has 8 heteroatoms. The van der Waals surface area contributed by atoms with Crippen molar-refractivity contribution in [1.82, 2.24) is 19.7 Å². The summed E-state index contributed by atoms with van der Waals surface area (Å²) in [4.78, 5) is 22.1. The maximum Gasteiger partial charge on any atom is 0.263 e. The molecule has 0 unspecified atom stereocenters. The van der Waals surface area contributed by atoms with E-state index in [1.807, 2.05) is 17.0 Å². The minimum atomic E-state index is -0.159. The second-order valence-corrected chi connectivity index (χ2v) is 7.69. The molecule has 26 heavy (non-hydrogen) atoms. The summed E-state index contributed by atoms with van der Waals surface area (Å²) in [5.74, 6) is 1.14. The normalized spacial score (nSPS) is 17.8. The van der Waals surface area contributed by atoms with Crippen molar-refractivity contribution in [1.29, 1.82) is 0 Å². The fourth-order valence-electron chi connectivity index (χ4n) is 3.41. The number of aromatic amines is 1. The molecular formula is C18H18BrN5O2. The summed E-state index contributed by atoms with van der Waals surface area (Å²) in [7, 11) is 0. The first-order valence-corrected chi connectivity index (χ1v) is 9.60. The third kappa shape index (κ3) is 2.83. The van der Waals surface area contributed by atoms with Crippen molar-refractivity contribution in [3.63, 3.8) is 0 Å². The molecule has 134 valence electrons. The number of ether oxygens (including phenoxy) is 1. The average Bonchev–Trinajstić information content (AvgIpc) is 3.41. The lowest BCUT2D eigenvalue weighted by molar-refractivity contribution is 0.122. The van der Waals surface area contributed by atoms with Crippen LogP contribution in [0.25, 0.3) is 16.7 Å². The van der Waals surface area contributed by atoms with Gasteiger partial charge >= 0.3 is 0 Å². The van der Waals surface area contributed by atoms with Crippen LogP contribution in [-0.2, 0) is 4.74 Å². The highest BCUT2D eigenvalue weighted by Crippen LogP contribution is 2.43. The van der Waals surface area contributed by atoms with Crippen LogP contribution in [-0.4, -0.2) is 46.1 Å². The molecule has 1 aliphatic heterocycles. The highest BCUT2D eigenvalue weighted by molar-refractivity contribution is 9.10. The van der Waals surface area contributed by atoms with Crippen molar-refractivity contribution in [3.05, 3.63) is 44.8 Å². The van der Waals surface area contributed by atoms with E-state index in [-0.39, 0.29) is 5.56 Å². The smallest absolute Gasteiger partial charge is 0.263 e. The van der Waals surface area contributed by atoms with E-state index in [9.17, 15) is 4.79 Å². The molecule has 5 rings (SSSR count). The predicted molar refractivity (Wildman–Crippen MR) is 102 cm³/mol. The Hall–Kier alpha value is -2.19. The third-order valence-electron chi connectivity index (χ3n) is 4.94. The van der Waals surface area contributed by atoms with Crippen LogP contribution in [0.5, 0.6) is 0 Å². The monoisotopic (exact) mass is 415 g/mol. The molecule has 2 fully saturated rings. The Kier molecular flexibility index (Phi) is 3.82. The molecule has 3 aromatic rings. The van der Waals surface area contributed by atoms with E-state index in [1.165, 1.54) is 18.4 Å². The van der Waals surface area contributed by atoms with E-state index in [0.29, 0.717) is 49.2 Å². The Morgan fingerprint density at radius 1 is 1.23 bits per heavy atom. The summed E-state index contributed by atoms with van der Waals surface area (Å²) in [5.41, 5.74) is 2.59. The molecule has 0 amide bonds. The highest BCUT2D eigenvalue weighted by atomic mass is 79.9. The molecule has 1 N–H and O–H groups in total. The van der Waals surface area contributed by atoms with Crippen molar-refractivity contribution < 1.29 is 4.74 Å². The standard InChI is InChI=1S/C18H18BrN5O2/c19-12-3-4-15(13(9-12)11-1-2-11)24-10-14-16(22-24)20-18(21-17(14)25)23-5-7-26-8-6-23/h3-4,9-11H,1-2,5-8H2,(H,20,21,22,25). The minimum absolute atomic E-state index is 0.159. The molecule has 0 bridgehead atoms. The van der Waals surface area contributed by atoms with Crippen LogP contribution in [0.3, 0.4) is 0 Å². The number of anilines is 1. The quantitative estimate of drug-likeness (QED) is 0.711. The van der Waals surface area contributed by atoms with Crippen LogP contribution in [0.2, 0.25) is 0 Å². The molecule has 3 heterocycles. The van der Waals surface area contributed by atoms with Gasteiger partial charge in [-0.05, 0) is 42.5 Å². The Morgan fingerprint density at radius 3 is 2.81 bits per heavy atom. The molecule has 7 nitrogen and oxygen atoms in total. The minimum Gasteiger partial charge on any atom is -0.378 e. The van der Waals surface area contributed by atoms with Crippen LogP contribution < -0.4 is 10.5 Å². The van der Waals surface area contributed by atoms with Crippen molar-refractivity contribution >= 4 is 32.9 Å². The Morgan fingerprint density at radius 2 is 2.04 bits per heavy atom. The molecule has 1 saturated heterocycles. The third-order valence-corrected chi connectivity index (χ3v) is 5.43. The van der Waals surface area contributed by atoms with Gasteiger partial charge in [0.15, 0.2) is 5.65 Å². The van der Waals surface area contributed by atoms with Crippen LogP contribution in [0.15, 0.2) is 33.7 Å². The summed E-state index contributed by atoms with van der Waals surface area (Å²) in [6, 6.07) is 6.20. The highest BCUT2D eigenvalue weighted by Gasteiger charge is 2.27. The number of H-pyrrole nitrogens is 1. The van der Waals surface area contributed by atoms with Gasteiger partial charge in [0.05, 0.1) is 18.9 Å². The van der Waals surface area contributed by atoms with Gasteiger partial charge in [-0.2, -0.15) is 4.98 Å². The SMILES string of the molecule is O=c1[nH]c(N2CCOCC2)nc2nn(-c3ccc(Br)cc3C3CC3)cc12. The Bertz CT molecular complexity index is 1030. The predicted octanol–water partition coefficient (Wildman–Crippen LogP) is 2.59. The topological polar surface area (TPSA) is 76.0 Å². The van der Waals surface area contributed by atoms with Crippen molar-refractivity contribution in [2.75, 3.05) is 31.2 Å². The number of nitrogens with zero attached hydrogens (tertiary/aromatic N) is 4. The summed E-state index contributed by atoms with van der Waals surface area (Å²) >= 11 is 3.55. The summed E-state index contributed by atoms with van der Waals surface area (Å²) in [6.07, 6.45) is 4.17. The summed E-state index contributed by atoms with van der Waals surface area (Å²) < 4.78 is 8.22. The van der Waals surface area contributed by atoms with Gasteiger partial charge in [0, 0.05) is 23.8 Å². The van der Waals surface area contributed by atoms with Crippen LogP contribution in [0.4, 0.5) is 5.95 Å². The molecule has 2 aliphatic rings. The molecule has 0 radical (unpaired) electrons. The fraction of sp³-hybridized carbons (Fsp3) is 0.389. The number of rotatable bonds is 3. The van der Waals surface area contributed by atoms with E-state index in [2.05, 4.69) is 37.1 Å². The fourth-order valence-corrected chi connectivity index (χ4v) is 3.79. The zero-order chi connectivity index (χ0) is 17.7. The van der Waals surface area contributed by atoms with Gasteiger partial charge in [0.25, 0.3) is 5.56 Å². The molecule has 1 aromatic carbocycles. The van der Waals surface area contributed by atoms with Crippen molar-refractivity contribution in [2.24, 2.45) is 0 Å². The van der Waals surface area contributed by atoms with Gasteiger partial charge in [-0.3, -0.25) is 9.78 Å². The number of aromatic nitrogens is 4. The lowest BCUT2D eigenvalue weighted by Gasteiger charge is -2.26. The Balaban J connectivity index is 1.60. The van der Waals surface area contributed by atoms with Crippen molar-refractivity contribution in [2.45, 2.75) is 18.8 Å². The number of hydrogen-bond acceptors (Lipinski definition) is 5. The molecule has 0 spiro atoms. The summed E-state index contributed by atoms with van der Waals surface area (Å²) in [6.45, 7) is 2.71. The van der Waals surface area contributed by atoms with Crippen LogP contribution in [0.1, 0.15) is 24.3 Å². The van der Waals surface area contributed by atoms with Gasteiger partial charge < -0.3 is 9.64 Å². The number of hydrogen-bond donors (Lipinski definition) is 1. The second-order valence-electron chi connectivity index (χ2n) is 6.78. The van der Waals surface area contributed by atoms with Gasteiger partial charge in [-0.15, -0.1) is 5.10 Å². The molecular weight excluding hydrogens is 398 g/mol. The first kappa shape index (κ1) is 16.0. The number of fused-ring (bicyclic) bond motifs is 1. The van der Waals surface area contributed by atoms with Crippen LogP contribution in [0, 0.1) is 0 Å². The second kappa shape index (κ2) is 6.21. The number of benzene rings is 1. The maximum absolute atomic E-state index is 12.6. The van der Waals surface area contributed by atoms with E-state index < -0.39 is 0 Å². The van der Waals surface area contributed by atoms with Gasteiger partial charge in [-0.1, -0.05) is 15.9 Å². The molecule has 1 saturated carbocycles. The van der Waals surface area contributed by atoms with E-state index in [4.69, 9.17) is 4.74 Å². The zero-order valence-corrected chi connectivity index (χ0v) is 15.7. The molecule has 1 aliphatic carbocycles. The lowest BCUT2D eigenvalue weighted by atomic mass is 10.1. The average molecular weight is 416 g/mol.